The Hall–Kier alpha value is -2.15. The molecule has 0 unspecified atom stereocenters. The van der Waals surface area contributed by atoms with Crippen LogP contribution in [-0.4, -0.2) is 23.7 Å². The molecular formula is C15H15FN2O3S. The normalized spacial score (nSPS) is 15.4. The number of amides is 1. The first-order chi connectivity index (χ1) is 10.7. The fraction of sp³-hybridized carbons (Fsp3) is 0.333. The number of carbonyl (C=O) groups excluding carboxylic acids is 1. The van der Waals surface area contributed by atoms with E-state index >= 15 is 0 Å². The third kappa shape index (κ3) is 2.89. The van der Waals surface area contributed by atoms with Crippen molar-refractivity contribution in [1.82, 2.24) is 4.57 Å². The second kappa shape index (κ2) is 6.31. The molecule has 0 atom stereocenters. The quantitative estimate of drug-likeness (QED) is 0.873. The Labute approximate surface area is 130 Å². The maximum atomic E-state index is 13.4. The fourth-order valence-corrected chi connectivity index (χ4v) is 3.27. The van der Waals surface area contributed by atoms with Gasteiger partial charge in [-0.2, -0.15) is 4.99 Å². The van der Waals surface area contributed by atoms with E-state index in [9.17, 15) is 9.18 Å². The number of ether oxygens (including phenoxy) is 2. The molecule has 2 aromatic rings. The predicted molar refractivity (Wildman–Crippen MR) is 80.6 cm³/mol. The maximum absolute atomic E-state index is 13.4. The summed E-state index contributed by atoms with van der Waals surface area (Å²) in [5, 5.41) is 0. The zero-order chi connectivity index (χ0) is 15.5. The number of thiazole rings is 1. The summed E-state index contributed by atoms with van der Waals surface area (Å²) in [5.74, 6) is -0.698. The summed E-state index contributed by atoms with van der Waals surface area (Å²) in [6.07, 6.45) is 2.17. The average molecular weight is 322 g/mol. The van der Waals surface area contributed by atoms with Gasteiger partial charge in [0.05, 0.1) is 10.2 Å². The zero-order valence-electron chi connectivity index (χ0n) is 12.0. The Morgan fingerprint density at radius 3 is 3.05 bits per heavy atom. The van der Waals surface area contributed by atoms with E-state index in [1.807, 2.05) is 11.5 Å². The van der Waals surface area contributed by atoms with E-state index in [2.05, 4.69) is 4.99 Å². The minimum atomic E-state index is -0.489. The molecule has 0 fully saturated rings. The Morgan fingerprint density at radius 2 is 2.32 bits per heavy atom. The summed E-state index contributed by atoms with van der Waals surface area (Å²) >= 11 is 1.28. The number of hydrogen-bond acceptors (Lipinski definition) is 4. The van der Waals surface area contributed by atoms with Crippen LogP contribution >= 0.6 is 11.3 Å². The molecule has 0 saturated heterocycles. The Kier molecular flexibility index (Phi) is 4.24. The molecule has 3 rings (SSSR count). The number of benzene rings is 1. The molecule has 5 nitrogen and oxygen atoms in total. The standard InChI is InChI=1S/C15H15FN2O3S/c1-2-5-18-11-4-3-10(16)8-13(11)22-15(18)17-14(19)12-9-20-6-7-21-12/h3-4,8-9H,2,5-7H2,1H3. The topological polar surface area (TPSA) is 52.8 Å². The van der Waals surface area contributed by atoms with Crippen molar-refractivity contribution in [2.45, 2.75) is 19.9 Å². The molecule has 1 aromatic carbocycles. The van der Waals surface area contributed by atoms with E-state index in [0.29, 0.717) is 24.6 Å². The first kappa shape index (κ1) is 14.8. The molecule has 1 aliphatic rings. The molecule has 0 radical (unpaired) electrons. The largest absolute Gasteiger partial charge is 0.494 e. The minimum absolute atomic E-state index is 0.0953. The number of aryl methyl sites for hydroxylation is 1. The average Bonchev–Trinajstić information content (AvgIpc) is 2.85. The molecule has 7 heteroatoms. The van der Waals surface area contributed by atoms with Crippen molar-refractivity contribution >= 4 is 27.5 Å². The third-order valence-electron chi connectivity index (χ3n) is 3.15. The van der Waals surface area contributed by atoms with Crippen LogP contribution in [0.2, 0.25) is 0 Å². The highest BCUT2D eigenvalue weighted by Crippen LogP contribution is 2.19. The lowest BCUT2D eigenvalue weighted by Crippen LogP contribution is -2.20. The van der Waals surface area contributed by atoms with Crippen LogP contribution in [0.15, 0.2) is 35.2 Å². The van der Waals surface area contributed by atoms with Crippen LogP contribution in [0.25, 0.3) is 10.2 Å². The minimum Gasteiger partial charge on any atom is -0.494 e. The third-order valence-corrected chi connectivity index (χ3v) is 4.19. The number of nitrogens with zero attached hydrogens (tertiary/aromatic N) is 2. The summed E-state index contributed by atoms with van der Waals surface area (Å²) < 4.78 is 26.4. The van der Waals surface area contributed by atoms with Crippen LogP contribution < -0.4 is 4.80 Å². The van der Waals surface area contributed by atoms with E-state index in [0.717, 1.165) is 16.6 Å². The van der Waals surface area contributed by atoms with Gasteiger partial charge in [-0.25, -0.2) is 4.39 Å². The van der Waals surface area contributed by atoms with Crippen molar-refractivity contribution in [1.29, 1.82) is 0 Å². The van der Waals surface area contributed by atoms with Crippen molar-refractivity contribution in [3.8, 4) is 0 Å². The van der Waals surface area contributed by atoms with Crippen molar-refractivity contribution in [3.05, 3.63) is 40.8 Å². The first-order valence-electron chi connectivity index (χ1n) is 7.01. The molecule has 0 N–H and O–H groups in total. The van der Waals surface area contributed by atoms with E-state index in [-0.39, 0.29) is 11.6 Å². The van der Waals surface area contributed by atoms with Crippen molar-refractivity contribution < 1.29 is 18.7 Å². The van der Waals surface area contributed by atoms with E-state index in [4.69, 9.17) is 9.47 Å². The fourth-order valence-electron chi connectivity index (χ4n) is 2.19. The molecule has 22 heavy (non-hydrogen) atoms. The Balaban J connectivity index is 2.08. The summed E-state index contributed by atoms with van der Waals surface area (Å²) in [7, 11) is 0. The molecule has 0 aliphatic carbocycles. The van der Waals surface area contributed by atoms with Gasteiger partial charge in [0.15, 0.2) is 4.80 Å². The van der Waals surface area contributed by atoms with Crippen LogP contribution in [0.5, 0.6) is 0 Å². The first-order valence-corrected chi connectivity index (χ1v) is 7.83. The number of rotatable bonds is 3. The predicted octanol–water partition coefficient (Wildman–Crippen LogP) is 2.57. The maximum Gasteiger partial charge on any atom is 0.317 e. The van der Waals surface area contributed by atoms with E-state index in [1.165, 1.54) is 29.7 Å². The van der Waals surface area contributed by atoms with Gasteiger partial charge < -0.3 is 14.0 Å². The van der Waals surface area contributed by atoms with Crippen LogP contribution in [0.3, 0.4) is 0 Å². The second-order valence-electron chi connectivity index (χ2n) is 4.77. The van der Waals surface area contributed by atoms with Crippen LogP contribution in [0.4, 0.5) is 4.39 Å². The monoisotopic (exact) mass is 322 g/mol. The van der Waals surface area contributed by atoms with Gasteiger partial charge in [0, 0.05) is 6.54 Å². The van der Waals surface area contributed by atoms with Gasteiger partial charge in [-0.15, -0.1) is 0 Å². The highest BCUT2D eigenvalue weighted by Gasteiger charge is 2.15. The van der Waals surface area contributed by atoms with Gasteiger partial charge in [-0.3, -0.25) is 4.79 Å². The highest BCUT2D eigenvalue weighted by molar-refractivity contribution is 7.16. The number of fused-ring (bicyclic) bond motifs is 1. The van der Waals surface area contributed by atoms with E-state index < -0.39 is 5.91 Å². The smallest absolute Gasteiger partial charge is 0.317 e. The number of hydrogen-bond donors (Lipinski definition) is 0. The van der Waals surface area contributed by atoms with Crippen LogP contribution in [-0.2, 0) is 20.8 Å². The van der Waals surface area contributed by atoms with Crippen molar-refractivity contribution in [2.75, 3.05) is 13.2 Å². The van der Waals surface area contributed by atoms with Crippen LogP contribution in [0.1, 0.15) is 13.3 Å². The summed E-state index contributed by atoms with van der Waals surface area (Å²) in [6.45, 7) is 3.49. The molecule has 0 spiro atoms. The lowest BCUT2D eigenvalue weighted by atomic mass is 10.3. The van der Waals surface area contributed by atoms with Gasteiger partial charge in [0.1, 0.15) is 25.3 Å². The molecule has 2 heterocycles. The molecular weight excluding hydrogens is 307 g/mol. The number of halogens is 1. The number of aromatic nitrogens is 1. The summed E-state index contributed by atoms with van der Waals surface area (Å²) in [5.41, 5.74) is 0.870. The molecule has 0 saturated carbocycles. The highest BCUT2D eigenvalue weighted by atomic mass is 32.1. The molecule has 0 bridgehead atoms. The zero-order valence-corrected chi connectivity index (χ0v) is 12.9. The van der Waals surface area contributed by atoms with Gasteiger partial charge in [0.2, 0.25) is 5.76 Å². The van der Waals surface area contributed by atoms with Crippen LogP contribution in [0, 0.1) is 5.82 Å². The van der Waals surface area contributed by atoms with Crippen molar-refractivity contribution in [2.24, 2.45) is 4.99 Å². The Bertz CT molecular complexity index is 807. The Morgan fingerprint density at radius 1 is 1.45 bits per heavy atom. The lowest BCUT2D eigenvalue weighted by Gasteiger charge is -2.12. The molecule has 1 aliphatic heterocycles. The number of carbonyl (C=O) groups is 1. The van der Waals surface area contributed by atoms with E-state index in [1.54, 1.807) is 6.07 Å². The lowest BCUT2D eigenvalue weighted by molar-refractivity contribution is -0.119. The van der Waals surface area contributed by atoms with Gasteiger partial charge in [-0.1, -0.05) is 18.3 Å². The van der Waals surface area contributed by atoms with Gasteiger partial charge >= 0.3 is 5.91 Å². The molecule has 1 aromatic heterocycles. The van der Waals surface area contributed by atoms with Gasteiger partial charge in [-0.05, 0) is 24.6 Å². The summed E-state index contributed by atoms with van der Waals surface area (Å²) in [4.78, 5) is 16.8. The molecule has 1 amide bonds. The second-order valence-corrected chi connectivity index (χ2v) is 5.78. The molecule has 116 valence electrons. The summed E-state index contributed by atoms with van der Waals surface area (Å²) in [6, 6.07) is 4.57. The SMILES string of the molecule is CCCn1c(=NC(=O)C2=COCCO2)sc2cc(F)ccc21. The van der Waals surface area contributed by atoms with Crippen molar-refractivity contribution in [3.63, 3.8) is 0 Å². The van der Waals surface area contributed by atoms with Gasteiger partial charge in [0.25, 0.3) is 0 Å².